The lowest BCUT2D eigenvalue weighted by molar-refractivity contribution is -0.161. The molecule has 5 nitrogen and oxygen atoms in total. The number of rotatable bonds is 5. The molecule has 0 amide bonds. The number of ether oxygens (including phenoxy) is 2. The zero-order valence-corrected chi connectivity index (χ0v) is 13.8. The quantitative estimate of drug-likeness (QED) is 0.349. The number of carbonyl (C=O) groups excluding carboxylic acids is 2. The number of hydrogen-bond donors (Lipinski definition) is 0. The van der Waals surface area contributed by atoms with E-state index in [2.05, 4.69) is 0 Å². The van der Waals surface area contributed by atoms with Gasteiger partial charge in [-0.05, 0) is 27.7 Å². The molecule has 1 aromatic rings. The van der Waals surface area contributed by atoms with Crippen molar-refractivity contribution in [1.82, 2.24) is 0 Å². The summed E-state index contributed by atoms with van der Waals surface area (Å²) in [5, 5.41) is 8.59. The van der Waals surface area contributed by atoms with Gasteiger partial charge >= 0.3 is 11.9 Å². The van der Waals surface area contributed by atoms with Crippen molar-refractivity contribution in [2.45, 2.75) is 45.8 Å². The van der Waals surface area contributed by atoms with Crippen LogP contribution in [0.4, 0.5) is 17.6 Å². The van der Waals surface area contributed by atoms with Crippen LogP contribution in [0.25, 0.3) is 0 Å². The van der Waals surface area contributed by atoms with Crippen molar-refractivity contribution in [2.75, 3.05) is 0 Å². The van der Waals surface area contributed by atoms with Gasteiger partial charge in [0.15, 0.2) is 29.2 Å². The number of halogens is 4. The molecular weight excluding hydrogens is 346 g/mol. The SMILES string of the molecule is CC(C)OC(=O)C(C(=O)OC(C)C)c1c(F)c(F)c(C#N)c(F)c1F. The average molecular weight is 361 g/mol. The van der Waals surface area contributed by atoms with Gasteiger partial charge in [0, 0.05) is 0 Å². The first-order valence-electron chi connectivity index (χ1n) is 7.19. The van der Waals surface area contributed by atoms with Gasteiger partial charge in [0.1, 0.15) is 11.6 Å². The second-order valence-corrected chi connectivity index (χ2v) is 5.56. The number of benzene rings is 1. The van der Waals surface area contributed by atoms with E-state index in [1.807, 2.05) is 0 Å². The summed E-state index contributed by atoms with van der Waals surface area (Å²) < 4.78 is 65.5. The van der Waals surface area contributed by atoms with Gasteiger partial charge in [0.05, 0.1) is 17.8 Å². The molecule has 0 unspecified atom stereocenters. The molecule has 25 heavy (non-hydrogen) atoms. The van der Waals surface area contributed by atoms with E-state index in [0.29, 0.717) is 0 Å². The van der Waals surface area contributed by atoms with Crippen LogP contribution in [0.15, 0.2) is 0 Å². The fourth-order valence-electron chi connectivity index (χ4n) is 1.93. The molecule has 0 saturated heterocycles. The van der Waals surface area contributed by atoms with E-state index in [4.69, 9.17) is 14.7 Å². The largest absolute Gasteiger partial charge is 0.462 e. The van der Waals surface area contributed by atoms with Gasteiger partial charge in [-0.2, -0.15) is 5.26 Å². The maximum atomic E-state index is 14.2. The van der Waals surface area contributed by atoms with E-state index in [1.54, 1.807) is 0 Å². The van der Waals surface area contributed by atoms with E-state index in [0.717, 1.165) is 6.07 Å². The molecule has 0 atom stereocenters. The second kappa shape index (κ2) is 7.96. The van der Waals surface area contributed by atoms with Gasteiger partial charge in [0.2, 0.25) is 0 Å². The van der Waals surface area contributed by atoms with Crippen molar-refractivity contribution in [2.24, 2.45) is 0 Å². The fraction of sp³-hybridized carbons (Fsp3) is 0.438. The summed E-state index contributed by atoms with van der Waals surface area (Å²) >= 11 is 0. The topological polar surface area (TPSA) is 76.4 Å². The van der Waals surface area contributed by atoms with Crippen LogP contribution >= 0.6 is 0 Å². The third kappa shape index (κ3) is 4.26. The molecule has 0 N–H and O–H groups in total. The molecule has 0 fully saturated rings. The van der Waals surface area contributed by atoms with Crippen molar-refractivity contribution in [3.05, 3.63) is 34.4 Å². The van der Waals surface area contributed by atoms with Crippen molar-refractivity contribution in [1.29, 1.82) is 5.26 Å². The van der Waals surface area contributed by atoms with Crippen molar-refractivity contribution < 1.29 is 36.6 Å². The van der Waals surface area contributed by atoms with Crippen LogP contribution in [0.2, 0.25) is 0 Å². The summed E-state index contributed by atoms with van der Waals surface area (Å²) in [5.41, 5.74) is -3.02. The zero-order valence-electron chi connectivity index (χ0n) is 13.8. The number of nitriles is 1. The van der Waals surface area contributed by atoms with Crippen LogP contribution < -0.4 is 0 Å². The fourth-order valence-corrected chi connectivity index (χ4v) is 1.93. The normalized spacial score (nSPS) is 11.0. The first kappa shape index (κ1) is 20.4. The van der Waals surface area contributed by atoms with Gasteiger partial charge < -0.3 is 9.47 Å². The first-order chi connectivity index (χ1) is 11.5. The van der Waals surface area contributed by atoms with E-state index < -0.39 is 64.5 Å². The highest BCUT2D eigenvalue weighted by Gasteiger charge is 2.41. The number of carbonyl (C=O) groups is 2. The molecule has 0 aliphatic heterocycles. The molecule has 136 valence electrons. The van der Waals surface area contributed by atoms with Gasteiger partial charge in [-0.3, -0.25) is 9.59 Å². The molecule has 0 saturated carbocycles. The van der Waals surface area contributed by atoms with Gasteiger partial charge in [-0.25, -0.2) is 17.6 Å². The average Bonchev–Trinajstić information content (AvgIpc) is 2.48. The monoisotopic (exact) mass is 361 g/mol. The lowest BCUT2D eigenvalue weighted by Crippen LogP contribution is -2.31. The molecule has 0 bridgehead atoms. The number of nitrogens with zero attached hydrogens (tertiary/aromatic N) is 1. The lowest BCUT2D eigenvalue weighted by Gasteiger charge is -2.20. The predicted molar refractivity (Wildman–Crippen MR) is 76.2 cm³/mol. The number of esters is 2. The van der Waals surface area contributed by atoms with Crippen LogP contribution in [0.5, 0.6) is 0 Å². The second-order valence-electron chi connectivity index (χ2n) is 5.56. The van der Waals surface area contributed by atoms with Gasteiger partial charge in [-0.15, -0.1) is 0 Å². The molecule has 0 aliphatic rings. The molecule has 1 aromatic carbocycles. The molecule has 0 heterocycles. The lowest BCUT2D eigenvalue weighted by atomic mass is 9.95. The Bertz CT molecular complexity index is 690. The summed E-state index contributed by atoms with van der Waals surface area (Å²) in [4.78, 5) is 24.2. The standard InChI is InChI=1S/C16H15F4NO4/c1-6(2)24-15(22)10(16(23)25-7(3)4)9-13(19)11(17)8(5-21)12(18)14(9)20/h6-7,10H,1-4H3. The minimum absolute atomic E-state index is 0.777. The summed E-state index contributed by atoms with van der Waals surface area (Å²) in [7, 11) is 0. The molecule has 0 radical (unpaired) electrons. The Labute approximate surface area is 141 Å². The summed E-state index contributed by atoms with van der Waals surface area (Å²) in [6.45, 7) is 5.59. The van der Waals surface area contributed by atoms with E-state index in [9.17, 15) is 27.2 Å². The van der Waals surface area contributed by atoms with Gasteiger partial charge in [0.25, 0.3) is 0 Å². The highest BCUT2D eigenvalue weighted by molar-refractivity contribution is 6.01. The van der Waals surface area contributed by atoms with E-state index in [-0.39, 0.29) is 0 Å². The van der Waals surface area contributed by atoms with Crippen LogP contribution in [0.3, 0.4) is 0 Å². The highest BCUT2D eigenvalue weighted by Crippen LogP contribution is 2.31. The van der Waals surface area contributed by atoms with Crippen molar-refractivity contribution >= 4 is 11.9 Å². The minimum atomic E-state index is -2.39. The Morgan fingerprint density at radius 3 is 1.48 bits per heavy atom. The smallest absolute Gasteiger partial charge is 0.325 e. The minimum Gasteiger partial charge on any atom is -0.462 e. The van der Waals surface area contributed by atoms with Crippen LogP contribution in [0.1, 0.15) is 44.7 Å². The van der Waals surface area contributed by atoms with Gasteiger partial charge in [-0.1, -0.05) is 0 Å². The predicted octanol–water partition coefficient (Wildman–Crippen LogP) is 3.10. The first-order valence-corrected chi connectivity index (χ1v) is 7.19. The summed E-state index contributed by atoms with van der Waals surface area (Å²) in [6, 6.07) is 0.972. The Morgan fingerprint density at radius 2 is 1.20 bits per heavy atom. The third-order valence-corrected chi connectivity index (χ3v) is 2.87. The highest BCUT2D eigenvalue weighted by atomic mass is 19.2. The van der Waals surface area contributed by atoms with Crippen LogP contribution in [-0.4, -0.2) is 24.1 Å². The van der Waals surface area contributed by atoms with Crippen LogP contribution in [-0.2, 0) is 19.1 Å². The molecule has 1 rings (SSSR count). The third-order valence-electron chi connectivity index (χ3n) is 2.87. The Hall–Kier alpha value is -2.63. The Morgan fingerprint density at radius 1 is 0.840 bits per heavy atom. The number of hydrogen-bond acceptors (Lipinski definition) is 5. The van der Waals surface area contributed by atoms with E-state index >= 15 is 0 Å². The molecule has 0 aliphatic carbocycles. The molecule has 0 spiro atoms. The van der Waals surface area contributed by atoms with Crippen LogP contribution in [0, 0.1) is 34.6 Å². The molecule has 9 heteroatoms. The zero-order chi connectivity index (χ0) is 19.5. The maximum absolute atomic E-state index is 14.2. The van der Waals surface area contributed by atoms with Crippen molar-refractivity contribution in [3.63, 3.8) is 0 Å². The van der Waals surface area contributed by atoms with Crippen molar-refractivity contribution in [3.8, 4) is 6.07 Å². The molecule has 0 aromatic heterocycles. The Kier molecular flexibility index (Phi) is 6.50. The summed E-state index contributed by atoms with van der Waals surface area (Å²) in [5.74, 6) is -13.4. The summed E-state index contributed by atoms with van der Waals surface area (Å²) in [6.07, 6.45) is -1.55. The van der Waals surface area contributed by atoms with E-state index in [1.165, 1.54) is 27.7 Å². The maximum Gasteiger partial charge on any atom is 0.325 e. The Balaban J connectivity index is 3.63. The molecular formula is C16H15F4NO4.